The fraction of sp³-hybridized carbons (Fsp3) is 0.447. The number of carbonyl (C=O) groups is 3. The van der Waals surface area contributed by atoms with Crippen LogP contribution in [0.4, 0.5) is 8.78 Å². The fourth-order valence-corrected chi connectivity index (χ4v) is 8.39. The number of benzene rings is 2. The van der Waals surface area contributed by atoms with Gasteiger partial charge in [0.15, 0.2) is 11.3 Å². The van der Waals surface area contributed by atoms with Crippen LogP contribution in [0.5, 0.6) is 11.5 Å². The van der Waals surface area contributed by atoms with Gasteiger partial charge >= 0.3 is 13.8 Å². The number of esters is 1. The molecule has 1 fully saturated rings. The first-order chi connectivity index (χ1) is 26.2. The van der Waals surface area contributed by atoms with Gasteiger partial charge in [0.25, 0.3) is 11.8 Å². The molecule has 18 heteroatoms. The number of nitrogens with one attached hydrogen (secondary N) is 1. The average Bonchev–Trinajstić information content (AvgIpc) is 3.41. The van der Waals surface area contributed by atoms with E-state index in [1.807, 2.05) is 13.8 Å². The van der Waals surface area contributed by atoms with E-state index in [0.29, 0.717) is 42.0 Å². The smallest absolute Gasteiger partial charge is 0.451 e. The van der Waals surface area contributed by atoms with Gasteiger partial charge in [0.1, 0.15) is 22.9 Å². The van der Waals surface area contributed by atoms with Crippen LogP contribution in [0.2, 0.25) is 0 Å². The molecule has 3 aliphatic heterocycles. The van der Waals surface area contributed by atoms with Crippen LogP contribution in [0.3, 0.4) is 0 Å². The molecule has 56 heavy (non-hydrogen) atoms. The Morgan fingerprint density at radius 2 is 1.88 bits per heavy atom. The van der Waals surface area contributed by atoms with Crippen molar-refractivity contribution in [2.24, 2.45) is 5.16 Å². The number of halogens is 2. The number of phosphoric ester groups is 1. The zero-order valence-corrected chi connectivity index (χ0v) is 32.6. The van der Waals surface area contributed by atoms with E-state index in [1.165, 1.54) is 16.8 Å². The Kier molecular flexibility index (Phi) is 10.9. The normalized spacial score (nSPS) is 20.5. The van der Waals surface area contributed by atoms with Crippen LogP contribution >= 0.6 is 7.82 Å². The molecule has 2 aromatic carbocycles. The van der Waals surface area contributed by atoms with Crippen molar-refractivity contribution in [2.45, 2.75) is 96.9 Å². The molecule has 3 N–H and O–H groups in total. The number of nitrogens with zero attached hydrogens (tertiary/aromatic N) is 3. The second-order valence-corrected chi connectivity index (χ2v) is 16.4. The summed E-state index contributed by atoms with van der Waals surface area (Å²) in [5.41, 5.74) is -1.38. The second kappa shape index (κ2) is 15.1. The first-order valence-corrected chi connectivity index (χ1v) is 19.4. The third kappa shape index (κ3) is 8.06. The van der Waals surface area contributed by atoms with Crippen molar-refractivity contribution in [3.8, 4) is 11.5 Å². The molecule has 0 aliphatic carbocycles. The van der Waals surface area contributed by atoms with E-state index < -0.39 is 84.4 Å². The van der Waals surface area contributed by atoms with Crippen molar-refractivity contribution in [1.82, 2.24) is 14.8 Å². The first kappa shape index (κ1) is 40.5. The lowest BCUT2D eigenvalue weighted by molar-refractivity contribution is -0.151. The van der Waals surface area contributed by atoms with Gasteiger partial charge in [0.05, 0.1) is 18.2 Å². The Balaban J connectivity index is 1.32. The Hall–Kier alpha value is -5.12. The summed E-state index contributed by atoms with van der Waals surface area (Å²) < 4.78 is 57.4. The number of phosphoric acid groups is 1. The number of rotatable bonds is 11. The quantitative estimate of drug-likeness (QED) is 0.133. The number of pyridine rings is 1. The molecule has 0 radical (unpaired) electrons. The number of ether oxygens (including phenoxy) is 2. The minimum Gasteiger partial charge on any atom is -0.451 e. The number of hydrogen-bond donors (Lipinski definition) is 3. The Labute approximate surface area is 320 Å². The number of amides is 2. The van der Waals surface area contributed by atoms with E-state index in [2.05, 4.69) is 10.5 Å². The molecule has 2 amide bonds. The Morgan fingerprint density at radius 1 is 1.14 bits per heavy atom. The third-order valence-corrected chi connectivity index (χ3v) is 10.9. The molecule has 0 saturated carbocycles. The van der Waals surface area contributed by atoms with Crippen molar-refractivity contribution in [1.29, 1.82) is 0 Å². The number of fused-ring (bicyclic) bond motifs is 5. The summed E-state index contributed by atoms with van der Waals surface area (Å²) in [4.78, 5) is 82.1. The van der Waals surface area contributed by atoms with Gasteiger partial charge in [0, 0.05) is 54.4 Å². The largest absolute Gasteiger partial charge is 0.524 e. The van der Waals surface area contributed by atoms with Gasteiger partial charge < -0.3 is 33.6 Å². The SMILES string of the molecule is CC1=NO[C@@]2(CC[C@H](C)N3C[C@H]2n2cc(C(=O)NCc4ccc(F)cc4F)c(=O)c(OCOC(=O)CC(C)(C)c4c(C)cc(C)cc4OP(=O)(O)O)c2C3=O)C1. The summed E-state index contributed by atoms with van der Waals surface area (Å²) in [6, 6.07) is 5.15. The van der Waals surface area contributed by atoms with Gasteiger partial charge in [-0.05, 0) is 63.8 Å². The molecule has 3 aromatic rings. The fourth-order valence-electron chi connectivity index (χ4n) is 7.99. The van der Waals surface area contributed by atoms with Crippen LogP contribution in [-0.2, 0) is 30.9 Å². The zero-order chi connectivity index (χ0) is 40.9. The highest BCUT2D eigenvalue weighted by Gasteiger charge is 2.54. The molecule has 6 rings (SSSR count). The molecule has 1 spiro atoms. The average molecular weight is 801 g/mol. The standard InChI is InChI=1S/C38H43F2N4O11P/c1-20-11-21(2)31(28(12-20)54-56(49,50)51)37(5,6)15-30(45)52-19-53-34-32-36(48)43-18-29(38(10-9-23(43)4)14-22(3)42-55-38)44(32)17-26(33(34)46)35(47)41-16-24-7-8-25(39)13-27(24)40/h7-8,11-13,17,23,29H,9-10,14-16,18-19H2,1-6H3,(H,41,47)(H2,49,50,51)/t23-,29+,38-/m0/s1. The summed E-state index contributed by atoms with van der Waals surface area (Å²) >= 11 is 0. The van der Waals surface area contributed by atoms with Crippen LogP contribution in [0.25, 0.3) is 0 Å². The third-order valence-electron chi connectivity index (χ3n) is 10.5. The minimum atomic E-state index is -4.96. The summed E-state index contributed by atoms with van der Waals surface area (Å²) in [7, 11) is -4.96. The van der Waals surface area contributed by atoms with E-state index in [1.54, 1.807) is 38.7 Å². The molecule has 2 bridgehead atoms. The van der Waals surface area contributed by atoms with Crippen molar-refractivity contribution in [3.63, 3.8) is 0 Å². The molecule has 300 valence electrons. The molecular formula is C38H43F2N4O11P. The lowest BCUT2D eigenvalue weighted by atomic mass is 9.78. The molecule has 3 atom stereocenters. The van der Waals surface area contributed by atoms with E-state index in [9.17, 15) is 42.3 Å². The van der Waals surface area contributed by atoms with E-state index in [-0.39, 0.29) is 36.0 Å². The highest BCUT2D eigenvalue weighted by Crippen LogP contribution is 2.47. The predicted octanol–water partition coefficient (Wildman–Crippen LogP) is 5.11. The van der Waals surface area contributed by atoms with Gasteiger partial charge in [-0.3, -0.25) is 29.0 Å². The lowest BCUT2D eigenvalue weighted by Gasteiger charge is -2.42. The molecular weight excluding hydrogens is 757 g/mol. The minimum absolute atomic E-state index is 0.0418. The van der Waals surface area contributed by atoms with Gasteiger partial charge in [-0.25, -0.2) is 13.3 Å². The maximum atomic E-state index is 14.4. The number of oxime groups is 1. The Bertz CT molecular complexity index is 2250. The summed E-state index contributed by atoms with van der Waals surface area (Å²) in [5.74, 6) is -4.71. The lowest BCUT2D eigenvalue weighted by Crippen LogP contribution is -2.52. The zero-order valence-electron chi connectivity index (χ0n) is 31.7. The molecule has 0 unspecified atom stereocenters. The highest BCUT2D eigenvalue weighted by atomic mass is 31.2. The van der Waals surface area contributed by atoms with E-state index >= 15 is 0 Å². The van der Waals surface area contributed by atoms with Gasteiger partial charge in [-0.15, -0.1) is 0 Å². The van der Waals surface area contributed by atoms with Crippen LogP contribution in [-0.4, -0.2) is 67.7 Å². The topological polar surface area (TPSA) is 195 Å². The summed E-state index contributed by atoms with van der Waals surface area (Å²) in [6.45, 7) is 9.33. The second-order valence-electron chi connectivity index (χ2n) is 15.3. The summed E-state index contributed by atoms with van der Waals surface area (Å²) in [6.07, 6.45) is 2.36. The Morgan fingerprint density at radius 3 is 2.54 bits per heavy atom. The van der Waals surface area contributed by atoms with E-state index in [0.717, 1.165) is 17.8 Å². The highest BCUT2D eigenvalue weighted by molar-refractivity contribution is 7.46. The monoisotopic (exact) mass is 800 g/mol. The maximum Gasteiger partial charge on any atom is 0.524 e. The van der Waals surface area contributed by atoms with Crippen LogP contribution in [0.15, 0.2) is 46.5 Å². The summed E-state index contributed by atoms with van der Waals surface area (Å²) in [5, 5.41) is 6.69. The molecule has 1 saturated heterocycles. The van der Waals surface area contributed by atoms with E-state index in [4.69, 9.17) is 18.8 Å². The molecule has 15 nitrogen and oxygen atoms in total. The van der Waals surface area contributed by atoms with Crippen LogP contribution in [0.1, 0.15) is 103 Å². The van der Waals surface area contributed by atoms with Crippen LogP contribution < -0.4 is 20.0 Å². The van der Waals surface area contributed by atoms with Crippen molar-refractivity contribution < 1.29 is 56.4 Å². The van der Waals surface area contributed by atoms with Gasteiger partial charge in [0.2, 0.25) is 18.0 Å². The first-order valence-electron chi connectivity index (χ1n) is 17.9. The van der Waals surface area contributed by atoms with Gasteiger partial charge in [-0.2, -0.15) is 0 Å². The number of carbonyl (C=O) groups excluding carboxylic acids is 3. The predicted molar refractivity (Wildman–Crippen MR) is 196 cm³/mol. The van der Waals surface area contributed by atoms with Crippen molar-refractivity contribution in [3.05, 3.63) is 91.9 Å². The number of hydrogen-bond acceptors (Lipinski definition) is 10. The van der Waals surface area contributed by atoms with Crippen molar-refractivity contribution >= 4 is 31.3 Å². The number of aryl methyl sites for hydroxylation is 2. The molecule has 3 aliphatic rings. The molecule has 1 aromatic heterocycles. The van der Waals surface area contributed by atoms with Crippen LogP contribution in [0, 0.1) is 25.5 Å². The molecule has 4 heterocycles. The number of aromatic nitrogens is 1. The van der Waals surface area contributed by atoms with Crippen molar-refractivity contribution in [2.75, 3.05) is 13.3 Å². The maximum absolute atomic E-state index is 14.4. The van der Waals surface area contributed by atoms with Gasteiger partial charge in [-0.1, -0.05) is 31.1 Å².